The van der Waals surface area contributed by atoms with E-state index in [2.05, 4.69) is 0 Å². The highest BCUT2D eigenvalue weighted by Crippen LogP contribution is 2.48. The zero-order valence-corrected chi connectivity index (χ0v) is 10.3. The molecule has 2 aromatic carbocycles. The summed E-state index contributed by atoms with van der Waals surface area (Å²) < 4.78 is 11.0. The molecule has 1 aliphatic rings. The van der Waals surface area contributed by atoms with Crippen molar-refractivity contribution in [3.63, 3.8) is 0 Å². The average Bonchev–Trinajstić information content (AvgIpc) is 2.43. The van der Waals surface area contributed by atoms with E-state index in [0.29, 0.717) is 28.4 Å². The largest absolute Gasteiger partial charge is 0.493 e. The van der Waals surface area contributed by atoms with E-state index in [0.717, 1.165) is 0 Å². The second-order valence-corrected chi connectivity index (χ2v) is 4.29. The van der Waals surface area contributed by atoms with Crippen molar-refractivity contribution in [2.45, 2.75) is 5.92 Å². The number of fused-ring (bicyclic) bond motifs is 2. The number of carboxylic acids is 1. The van der Waals surface area contributed by atoms with Crippen molar-refractivity contribution in [2.24, 2.45) is 0 Å². The van der Waals surface area contributed by atoms with Crippen LogP contribution in [0.2, 0.25) is 0 Å². The van der Waals surface area contributed by atoms with Gasteiger partial charge in [-0.05, 0) is 12.1 Å². The van der Waals surface area contributed by atoms with E-state index >= 15 is 0 Å². The van der Waals surface area contributed by atoms with E-state index in [9.17, 15) is 9.90 Å². The fraction of sp³-hybridized carbons (Fsp3) is 0.133. The molecule has 96 valence electrons. The Morgan fingerprint density at radius 3 is 2.63 bits per heavy atom. The fourth-order valence-electron chi connectivity index (χ4n) is 2.39. The Balaban J connectivity index is 2.25. The second kappa shape index (κ2) is 4.31. The highest BCUT2D eigenvalue weighted by molar-refractivity contribution is 5.84. The normalized spacial score (nSPS) is 15.9. The maximum absolute atomic E-state index is 11.6. The SMILES string of the molecule is COc1cccc2c1Oc1ccccc1[C@H]2C(=O)O. The van der Waals surface area contributed by atoms with Gasteiger partial charge in [0, 0.05) is 11.1 Å². The van der Waals surface area contributed by atoms with Crippen molar-refractivity contribution in [2.75, 3.05) is 7.11 Å². The maximum atomic E-state index is 11.6. The molecule has 3 rings (SSSR count). The molecule has 0 unspecified atom stereocenters. The smallest absolute Gasteiger partial charge is 0.315 e. The lowest BCUT2D eigenvalue weighted by Gasteiger charge is -2.26. The summed E-state index contributed by atoms with van der Waals surface area (Å²) in [7, 11) is 1.54. The number of ether oxygens (including phenoxy) is 2. The molecule has 1 heterocycles. The van der Waals surface area contributed by atoms with Gasteiger partial charge in [-0.3, -0.25) is 4.79 Å². The van der Waals surface area contributed by atoms with Crippen LogP contribution in [0.1, 0.15) is 17.0 Å². The number of carbonyl (C=O) groups is 1. The molecule has 2 aromatic rings. The van der Waals surface area contributed by atoms with Gasteiger partial charge in [0.25, 0.3) is 0 Å². The molecule has 1 N–H and O–H groups in total. The van der Waals surface area contributed by atoms with Crippen LogP contribution in [0, 0.1) is 0 Å². The number of hydrogen-bond acceptors (Lipinski definition) is 3. The summed E-state index contributed by atoms with van der Waals surface area (Å²) >= 11 is 0. The van der Waals surface area contributed by atoms with E-state index < -0.39 is 11.9 Å². The van der Waals surface area contributed by atoms with Crippen LogP contribution in [-0.2, 0) is 4.79 Å². The second-order valence-electron chi connectivity index (χ2n) is 4.29. The number of methoxy groups -OCH3 is 1. The molecule has 0 amide bonds. The van der Waals surface area contributed by atoms with E-state index in [1.54, 1.807) is 30.3 Å². The summed E-state index contributed by atoms with van der Waals surface area (Å²) in [6, 6.07) is 12.4. The molecule has 0 radical (unpaired) electrons. The molecule has 1 atom stereocenters. The van der Waals surface area contributed by atoms with Crippen molar-refractivity contribution in [1.29, 1.82) is 0 Å². The van der Waals surface area contributed by atoms with Crippen LogP contribution in [0.25, 0.3) is 0 Å². The molecule has 19 heavy (non-hydrogen) atoms. The van der Waals surface area contributed by atoms with E-state index in [4.69, 9.17) is 9.47 Å². The van der Waals surface area contributed by atoms with Gasteiger partial charge in [-0.1, -0.05) is 30.3 Å². The molecule has 0 spiro atoms. The minimum absolute atomic E-state index is 0.483. The quantitative estimate of drug-likeness (QED) is 0.897. The van der Waals surface area contributed by atoms with Gasteiger partial charge in [0.05, 0.1) is 7.11 Å². The Labute approximate surface area is 110 Å². The summed E-state index contributed by atoms with van der Waals surface area (Å²) in [5.74, 6) is -0.0402. The van der Waals surface area contributed by atoms with E-state index in [1.165, 1.54) is 7.11 Å². The number of hydrogen-bond donors (Lipinski definition) is 1. The molecule has 1 aliphatic heterocycles. The topological polar surface area (TPSA) is 55.8 Å². The number of aliphatic carboxylic acids is 1. The Morgan fingerprint density at radius 1 is 1.16 bits per heavy atom. The van der Waals surface area contributed by atoms with Gasteiger partial charge < -0.3 is 14.6 Å². The zero-order chi connectivity index (χ0) is 13.4. The number of carboxylic acid groups (broad SMARTS) is 1. The molecular weight excluding hydrogens is 244 g/mol. The summed E-state index contributed by atoms with van der Waals surface area (Å²) in [5, 5.41) is 9.50. The summed E-state index contributed by atoms with van der Waals surface area (Å²) in [6.45, 7) is 0. The first-order valence-electron chi connectivity index (χ1n) is 5.89. The highest BCUT2D eigenvalue weighted by atomic mass is 16.5. The summed E-state index contributed by atoms with van der Waals surface area (Å²) in [5.41, 5.74) is 1.28. The van der Waals surface area contributed by atoms with Gasteiger partial charge in [-0.2, -0.15) is 0 Å². The molecule has 0 bridgehead atoms. The molecule has 0 saturated carbocycles. The van der Waals surface area contributed by atoms with Gasteiger partial charge in [0.1, 0.15) is 11.7 Å². The zero-order valence-electron chi connectivity index (χ0n) is 10.3. The Bertz CT molecular complexity index is 648. The summed E-state index contributed by atoms with van der Waals surface area (Å²) in [6.07, 6.45) is 0. The highest BCUT2D eigenvalue weighted by Gasteiger charge is 2.33. The molecule has 0 aliphatic carbocycles. The van der Waals surface area contributed by atoms with Gasteiger partial charge in [0.15, 0.2) is 11.5 Å². The molecular formula is C15H12O4. The van der Waals surface area contributed by atoms with Crippen molar-refractivity contribution in [1.82, 2.24) is 0 Å². The predicted molar refractivity (Wildman–Crippen MR) is 69.0 cm³/mol. The molecule has 4 nitrogen and oxygen atoms in total. The third-order valence-corrected chi connectivity index (χ3v) is 3.23. The third kappa shape index (κ3) is 1.73. The molecule has 0 saturated heterocycles. The lowest BCUT2D eigenvalue weighted by Crippen LogP contribution is -2.18. The predicted octanol–water partition coefficient (Wildman–Crippen LogP) is 3.02. The maximum Gasteiger partial charge on any atom is 0.315 e. The van der Waals surface area contributed by atoms with Crippen molar-refractivity contribution in [3.8, 4) is 17.2 Å². The Hall–Kier alpha value is -2.49. The standard InChI is InChI=1S/C15H12O4/c1-18-12-8-4-6-10-13(15(16)17)9-5-2-3-7-11(9)19-14(10)12/h2-8,13H,1H3,(H,16,17)/t13-/m1/s1. The first kappa shape index (κ1) is 11.6. The third-order valence-electron chi connectivity index (χ3n) is 3.23. The number of para-hydroxylation sites is 2. The van der Waals surface area contributed by atoms with Crippen LogP contribution in [0.15, 0.2) is 42.5 Å². The first-order chi connectivity index (χ1) is 9.22. The Morgan fingerprint density at radius 2 is 1.89 bits per heavy atom. The number of benzene rings is 2. The molecule has 0 fully saturated rings. The van der Waals surface area contributed by atoms with Crippen LogP contribution >= 0.6 is 0 Å². The van der Waals surface area contributed by atoms with Crippen molar-refractivity contribution < 1.29 is 19.4 Å². The van der Waals surface area contributed by atoms with Gasteiger partial charge in [-0.15, -0.1) is 0 Å². The summed E-state index contributed by atoms with van der Waals surface area (Å²) in [4.78, 5) is 11.6. The van der Waals surface area contributed by atoms with Crippen molar-refractivity contribution in [3.05, 3.63) is 53.6 Å². The Kier molecular flexibility index (Phi) is 2.63. The van der Waals surface area contributed by atoms with E-state index in [-0.39, 0.29) is 0 Å². The van der Waals surface area contributed by atoms with Crippen LogP contribution in [-0.4, -0.2) is 18.2 Å². The fourth-order valence-corrected chi connectivity index (χ4v) is 2.39. The van der Waals surface area contributed by atoms with E-state index in [1.807, 2.05) is 12.1 Å². The van der Waals surface area contributed by atoms with Crippen LogP contribution in [0.3, 0.4) is 0 Å². The monoisotopic (exact) mass is 256 g/mol. The van der Waals surface area contributed by atoms with Gasteiger partial charge in [-0.25, -0.2) is 0 Å². The van der Waals surface area contributed by atoms with Crippen LogP contribution in [0.5, 0.6) is 17.2 Å². The lowest BCUT2D eigenvalue weighted by molar-refractivity contribution is -0.137. The van der Waals surface area contributed by atoms with Gasteiger partial charge in [0.2, 0.25) is 0 Å². The minimum atomic E-state index is -0.898. The number of rotatable bonds is 2. The van der Waals surface area contributed by atoms with Gasteiger partial charge >= 0.3 is 5.97 Å². The van der Waals surface area contributed by atoms with Crippen LogP contribution < -0.4 is 9.47 Å². The average molecular weight is 256 g/mol. The molecule has 4 heteroatoms. The lowest BCUT2D eigenvalue weighted by atomic mass is 9.88. The van der Waals surface area contributed by atoms with Crippen LogP contribution in [0.4, 0.5) is 0 Å². The van der Waals surface area contributed by atoms with Crippen molar-refractivity contribution >= 4 is 5.97 Å². The first-order valence-corrected chi connectivity index (χ1v) is 5.89. The molecule has 0 aromatic heterocycles. The minimum Gasteiger partial charge on any atom is -0.493 e.